The number of rotatable bonds is 8. The number of allylic oxidation sites excluding steroid dienone is 3. The molecule has 2 atom stereocenters. The molecule has 1 aliphatic heterocycles. The van der Waals surface area contributed by atoms with Crippen LogP contribution in [-0.4, -0.2) is 40.1 Å². The quantitative estimate of drug-likeness (QED) is 0.228. The second kappa shape index (κ2) is 11.8. The molecule has 0 aliphatic carbocycles. The van der Waals surface area contributed by atoms with E-state index in [4.69, 9.17) is 9.47 Å². The van der Waals surface area contributed by atoms with Gasteiger partial charge < -0.3 is 19.1 Å². The van der Waals surface area contributed by atoms with Crippen LogP contribution in [0.4, 0.5) is 0 Å². The summed E-state index contributed by atoms with van der Waals surface area (Å²) in [7, 11) is 0. The molecule has 0 bridgehead atoms. The number of fused-ring (bicyclic) bond motifs is 3. The van der Waals surface area contributed by atoms with Gasteiger partial charge in [0.25, 0.3) is 0 Å². The molecule has 0 radical (unpaired) electrons. The zero-order valence-electron chi connectivity index (χ0n) is 25.8. The molecule has 2 aromatic rings. The third-order valence-electron chi connectivity index (χ3n) is 6.94. The zero-order valence-corrected chi connectivity index (χ0v) is 25.8. The van der Waals surface area contributed by atoms with Crippen LogP contribution in [0.15, 0.2) is 47.4 Å². The molecule has 2 unspecified atom stereocenters. The predicted molar refractivity (Wildman–Crippen MR) is 162 cm³/mol. The van der Waals surface area contributed by atoms with Crippen molar-refractivity contribution in [3.63, 3.8) is 0 Å². The highest BCUT2D eigenvalue weighted by molar-refractivity contribution is 5.90. The van der Waals surface area contributed by atoms with Crippen molar-refractivity contribution >= 4 is 11.5 Å². The number of nitrogens with zero attached hydrogens (tertiary/aromatic N) is 1. The number of ether oxygens (including phenoxy) is 2. The minimum Gasteiger partial charge on any atom is -0.493 e. The van der Waals surface area contributed by atoms with Crippen molar-refractivity contribution in [1.82, 2.24) is 9.88 Å². The molecule has 7 nitrogen and oxygen atoms in total. The van der Waals surface area contributed by atoms with Gasteiger partial charge in [0, 0.05) is 35.0 Å². The SMILES string of the molecule is C/C=C(\C=C/C(C)(O)NC(C)(C)C)c1cc2c(cc1OCC)-c1cc(=O)c(C(=O)OCC)cn1C(C(C)(C)C)C2. The minimum atomic E-state index is -1.21. The first-order valence-corrected chi connectivity index (χ1v) is 14.1. The normalized spacial score (nSPS) is 17.3. The Morgan fingerprint density at radius 2 is 1.75 bits per heavy atom. The van der Waals surface area contributed by atoms with Crippen molar-refractivity contribution < 1.29 is 19.4 Å². The second-order valence-electron chi connectivity index (χ2n) is 12.7. The average Bonchev–Trinajstić information content (AvgIpc) is 2.82. The van der Waals surface area contributed by atoms with Crippen LogP contribution in [0.3, 0.4) is 0 Å². The van der Waals surface area contributed by atoms with Gasteiger partial charge in [-0.25, -0.2) is 4.79 Å². The van der Waals surface area contributed by atoms with Crippen LogP contribution in [0.5, 0.6) is 5.75 Å². The van der Waals surface area contributed by atoms with Crippen LogP contribution in [0.2, 0.25) is 0 Å². The van der Waals surface area contributed by atoms with Crippen LogP contribution in [-0.2, 0) is 11.2 Å². The lowest BCUT2D eigenvalue weighted by Crippen LogP contribution is -2.50. The van der Waals surface area contributed by atoms with E-state index in [1.165, 1.54) is 0 Å². The number of carbonyl (C=O) groups excluding carboxylic acids is 1. The van der Waals surface area contributed by atoms with Gasteiger partial charge in [-0.1, -0.05) is 32.9 Å². The van der Waals surface area contributed by atoms with E-state index in [-0.39, 0.29) is 34.6 Å². The summed E-state index contributed by atoms with van der Waals surface area (Å²) in [6, 6.07) is 5.67. The van der Waals surface area contributed by atoms with Crippen LogP contribution in [0.25, 0.3) is 16.8 Å². The molecule has 40 heavy (non-hydrogen) atoms. The number of aliphatic hydroxyl groups is 1. The molecule has 0 spiro atoms. The predicted octanol–water partition coefficient (Wildman–Crippen LogP) is 6.29. The standard InChI is InChI=1S/C33H46N2O5/c1-11-21(14-15-33(10,38)34-32(7,8)9)24-16-22-17-29(31(4,5)6)35-20-25(30(37)40-13-3)27(36)19-26(35)23(22)18-28(24)39-12-2/h11,14-16,18-20,29,34,38H,12-13,17H2,1-10H3/b15-14-,21-11+. The molecule has 2 heterocycles. The molecule has 218 valence electrons. The highest BCUT2D eigenvalue weighted by atomic mass is 16.5. The van der Waals surface area contributed by atoms with Gasteiger partial charge in [-0.3, -0.25) is 10.1 Å². The van der Waals surface area contributed by atoms with Crippen LogP contribution in [0.1, 0.15) is 96.8 Å². The van der Waals surface area contributed by atoms with E-state index in [1.807, 2.05) is 52.8 Å². The lowest BCUT2D eigenvalue weighted by molar-refractivity contribution is 0.0468. The highest BCUT2D eigenvalue weighted by Crippen LogP contribution is 2.45. The molecule has 3 rings (SSSR count). The van der Waals surface area contributed by atoms with Gasteiger partial charge in [0.05, 0.1) is 18.9 Å². The summed E-state index contributed by atoms with van der Waals surface area (Å²) >= 11 is 0. The fourth-order valence-electron chi connectivity index (χ4n) is 5.34. The first kappa shape index (κ1) is 31.4. The highest BCUT2D eigenvalue weighted by Gasteiger charge is 2.34. The van der Waals surface area contributed by atoms with Gasteiger partial charge in [0.15, 0.2) is 5.43 Å². The average molecular weight is 551 g/mol. The fraction of sp³-hybridized carbons (Fsp3) is 0.515. The summed E-state index contributed by atoms with van der Waals surface area (Å²) in [4.78, 5) is 25.7. The topological polar surface area (TPSA) is 89.8 Å². The van der Waals surface area contributed by atoms with E-state index in [1.54, 1.807) is 32.2 Å². The lowest BCUT2D eigenvalue weighted by atomic mass is 9.78. The van der Waals surface area contributed by atoms with E-state index in [9.17, 15) is 14.7 Å². The molecule has 0 fully saturated rings. The number of nitrogens with one attached hydrogen (secondary N) is 1. The third-order valence-corrected chi connectivity index (χ3v) is 6.94. The monoisotopic (exact) mass is 550 g/mol. The number of aromatic nitrogens is 1. The van der Waals surface area contributed by atoms with Crippen molar-refractivity contribution in [2.45, 2.75) is 93.0 Å². The van der Waals surface area contributed by atoms with Crippen molar-refractivity contribution in [2.75, 3.05) is 13.2 Å². The molecule has 0 saturated heterocycles. The summed E-state index contributed by atoms with van der Waals surface area (Å²) in [5, 5.41) is 14.2. The van der Waals surface area contributed by atoms with Gasteiger partial charge >= 0.3 is 5.97 Å². The molecule has 2 N–H and O–H groups in total. The molecular weight excluding hydrogens is 504 g/mol. The summed E-state index contributed by atoms with van der Waals surface area (Å²) in [6.07, 6.45) is 8.04. The molecule has 7 heteroatoms. The number of esters is 1. The van der Waals surface area contributed by atoms with Gasteiger partial charge in [-0.2, -0.15) is 0 Å². The zero-order chi connectivity index (χ0) is 30.0. The molecule has 1 aliphatic rings. The Labute approximate surface area is 238 Å². The minimum absolute atomic E-state index is 0.00381. The number of hydrogen-bond donors (Lipinski definition) is 2. The summed E-state index contributed by atoms with van der Waals surface area (Å²) in [5.74, 6) is 0.0815. The van der Waals surface area contributed by atoms with Crippen LogP contribution >= 0.6 is 0 Å². The van der Waals surface area contributed by atoms with E-state index in [2.05, 4.69) is 36.7 Å². The molecule has 1 aromatic heterocycles. The largest absolute Gasteiger partial charge is 0.493 e. The summed E-state index contributed by atoms with van der Waals surface area (Å²) < 4.78 is 13.3. The molecular formula is C33H46N2O5. The van der Waals surface area contributed by atoms with Gasteiger partial charge in [-0.15, -0.1) is 0 Å². The Morgan fingerprint density at radius 1 is 1.07 bits per heavy atom. The maximum atomic E-state index is 13.1. The van der Waals surface area contributed by atoms with E-state index < -0.39 is 11.7 Å². The molecule has 0 saturated carbocycles. The molecule has 1 aromatic carbocycles. The van der Waals surface area contributed by atoms with Gasteiger partial charge in [-0.05, 0) is 89.6 Å². The first-order valence-electron chi connectivity index (χ1n) is 14.1. The summed E-state index contributed by atoms with van der Waals surface area (Å²) in [6.45, 7) is 20.5. The van der Waals surface area contributed by atoms with E-state index >= 15 is 0 Å². The Kier molecular flexibility index (Phi) is 9.22. The number of benzene rings is 1. The Bertz CT molecular complexity index is 1370. The molecule has 0 amide bonds. The van der Waals surface area contributed by atoms with E-state index in [0.29, 0.717) is 18.8 Å². The van der Waals surface area contributed by atoms with Gasteiger partial charge in [0.2, 0.25) is 0 Å². The number of pyridine rings is 1. The lowest BCUT2D eigenvalue weighted by Gasteiger charge is -2.39. The van der Waals surface area contributed by atoms with Crippen molar-refractivity contribution in [2.24, 2.45) is 5.41 Å². The maximum Gasteiger partial charge on any atom is 0.343 e. The number of carbonyl (C=O) groups is 1. The fourth-order valence-corrected chi connectivity index (χ4v) is 5.34. The van der Waals surface area contributed by atoms with Crippen molar-refractivity contribution in [3.05, 3.63) is 69.5 Å². The van der Waals surface area contributed by atoms with Crippen molar-refractivity contribution in [3.8, 4) is 17.0 Å². The van der Waals surface area contributed by atoms with E-state index in [0.717, 1.165) is 28.0 Å². The Balaban J connectivity index is 2.21. The van der Waals surface area contributed by atoms with Crippen LogP contribution in [0, 0.1) is 5.41 Å². The van der Waals surface area contributed by atoms with Crippen LogP contribution < -0.4 is 15.5 Å². The van der Waals surface area contributed by atoms with Crippen molar-refractivity contribution in [1.29, 1.82) is 0 Å². The Hall–Kier alpha value is -3.16. The first-order chi connectivity index (χ1) is 18.5. The Morgan fingerprint density at radius 3 is 2.30 bits per heavy atom. The summed E-state index contributed by atoms with van der Waals surface area (Å²) in [5.41, 5.74) is 2.62. The third kappa shape index (κ3) is 7.12. The smallest absolute Gasteiger partial charge is 0.343 e. The second-order valence-corrected chi connectivity index (χ2v) is 12.7. The van der Waals surface area contributed by atoms with Gasteiger partial charge in [0.1, 0.15) is 17.0 Å². The number of hydrogen-bond acceptors (Lipinski definition) is 6. The maximum absolute atomic E-state index is 13.1.